The van der Waals surface area contributed by atoms with E-state index in [-0.39, 0.29) is 0 Å². The van der Waals surface area contributed by atoms with E-state index in [1.54, 1.807) is 0 Å². The molecule has 0 amide bonds. The van der Waals surface area contributed by atoms with Crippen molar-refractivity contribution >= 4 is 11.6 Å². The lowest BCUT2D eigenvalue weighted by Gasteiger charge is -2.19. The van der Waals surface area contributed by atoms with Crippen molar-refractivity contribution in [1.29, 1.82) is 0 Å². The molecule has 4 heteroatoms. The third-order valence-corrected chi connectivity index (χ3v) is 3.24. The molecular weight excluding hydrogens is 224 g/mol. The number of anilines is 2. The average molecular weight is 248 g/mol. The summed E-state index contributed by atoms with van der Waals surface area (Å²) in [5.41, 5.74) is 0. The van der Waals surface area contributed by atoms with Crippen LogP contribution in [0.15, 0.2) is 6.07 Å². The Morgan fingerprint density at radius 3 is 2.67 bits per heavy atom. The van der Waals surface area contributed by atoms with E-state index in [0.717, 1.165) is 43.3 Å². The van der Waals surface area contributed by atoms with Gasteiger partial charge in [0.25, 0.3) is 0 Å². The molecule has 18 heavy (non-hydrogen) atoms. The van der Waals surface area contributed by atoms with Gasteiger partial charge >= 0.3 is 0 Å². The Balaban J connectivity index is 2.17. The van der Waals surface area contributed by atoms with Crippen LogP contribution in [-0.4, -0.2) is 29.6 Å². The van der Waals surface area contributed by atoms with Gasteiger partial charge in [0, 0.05) is 32.1 Å². The molecule has 1 aliphatic carbocycles. The van der Waals surface area contributed by atoms with Gasteiger partial charge in [0.1, 0.15) is 17.5 Å². The zero-order chi connectivity index (χ0) is 13.0. The van der Waals surface area contributed by atoms with Crippen LogP contribution in [0.5, 0.6) is 0 Å². The van der Waals surface area contributed by atoms with Crippen LogP contribution in [0.1, 0.15) is 45.4 Å². The van der Waals surface area contributed by atoms with Crippen molar-refractivity contribution in [2.75, 3.05) is 23.8 Å². The minimum atomic E-state index is 0.688. The molecule has 0 aromatic carbocycles. The highest BCUT2D eigenvalue weighted by Gasteiger charge is 2.27. The summed E-state index contributed by atoms with van der Waals surface area (Å²) in [6, 6.07) is 2.76. The standard InChI is InChI=1S/C14H24N4/c1-4-6-12-16-13(15-9-5-2)10-14(17-12)18(3)11-7-8-11/h10-11H,4-9H2,1-3H3,(H,15,16,17). The van der Waals surface area contributed by atoms with Gasteiger partial charge in [-0.25, -0.2) is 9.97 Å². The molecule has 1 aromatic heterocycles. The van der Waals surface area contributed by atoms with Gasteiger partial charge in [-0.3, -0.25) is 0 Å². The SMILES string of the molecule is CCCNc1cc(N(C)C2CC2)nc(CCC)n1. The fourth-order valence-corrected chi connectivity index (χ4v) is 1.99. The molecule has 0 aliphatic heterocycles. The molecule has 1 heterocycles. The van der Waals surface area contributed by atoms with Crippen LogP contribution in [0.25, 0.3) is 0 Å². The molecule has 2 rings (SSSR count). The number of nitrogens with zero attached hydrogens (tertiary/aromatic N) is 3. The molecule has 0 radical (unpaired) electrons. The molecule has 1 N–H and O–H groups in total. The number of aromatic nitrogens is 2. The summed E-state index contributed by atoms with van der Waals surface area (Å²) in [6.07, 6.45) is 5.74. The quantitative estimate of drug-likeness (QED) is 0.805. The Morgan fingerprint density at radius 2 is 2.06 bits per heavy atom. The molecule has 1 saturated carbocycles. The molecule has 0 spiro atoms. The topological polar surface area (TPSA) is 41.0 Å². The van der Waals surface area contributed by atoms with Crippen LogP contribution in [0.4, 0.5) is 11.6 Å². The van der Waals surface area contributed by atoms with E-state index in [0.29, 0.717) is 6.04 Å². The molecule has 0 unspecified atom stereocenters. The first-order chi connectivity index (χ1) is 8.74. The van der Waals surface area contributed by atoms with Crippen molar-refractivity contribution in [2.24, 2.45) is 0 Å². The summed E-state index contributed by atoms with van der Waals surface area (Å²) in [4.78, 5) is 11.5. The van der Waals surface area contributed by atoms with Crippen molar-refractivity contribution in [3.8, 4) is 0 Å². The zero-order valence-corrected chi connectivity index (χ0v) is 11.7. The van der Waals surface area contributed by atoms with Gasteiger partial charge in [0.15, 0.2) is 0 Å². The van der Waals surface area contributed by atoms with Crippen LogP contribution in [-0.2, 0) is 6.42 Å². The van der Waals surface area contributed by atoms with Crippen molar-refractivity contribution in [2.45, 2.75) is 52.0 Å². The van der Waals surface area contributed by atoms with E-state index in [1.165, 1.54) is 12.8 Å². The molecule has 1 aromatic rings. The average Bonchev–Trinajstić information content (AvgIpc) is 3.20. The van der Waals surface area contributed by atoms with E-state index < -0.39 is 0 Å². The predicted molar refractivity (Wildman–Crippen MR) is 76.2 cm³/mol. The third-order valence-electron chi connectivity index (χ3n) is 3.24. The van der Waals surface area contributed by atoms with E-state index in [2.05, 4.69) is 47.1 Å². The van der Waals surface area contributed by atoms with Crippen LogP contribution >= 0.6 is 0 Å². The largest absolute Gasteiger partial charge is 0.370 e. The number of nitrogens with one attached hydrogen (secondary N) is 1. The lowest BCUT2D eigenvalue weighted by atomic mass is 10.3. The fourth-order valence-electron chi connectivity index (χ4n) is 1.99. The van der Waals surface area contributed by atoms with Gasteiger partial charge < -0.3 is 10.2 Å². The van der Waals surface area contributed by atoms with Crippen molar-refractivity contribution in [3.63, 3.8) is 0 Å². The normalized spacial score (nSPS) is 14.6. The van der Waals surface area contributed by atoms with Gasteiger partial charge in [-0.15, -0.1) is 0 Å². The highest BCUT2D eigenvalue weighted by Crippen LogP contribution is 2.30. The van der Waals surface area contributed by atoms with Gasteiger partial charge in [0.05, 0.1) is 0 Å². The first kappa shape index (κ1) is 13.1. The zero-order valence-electron chi connectivity index (χ0n) is 11.7. The summed E-state index contributed by atoms with van der Waals surface area (Å²) in [7, 11) is 2.14. The summed E-state index contributed by atoms with van der Waals surface area (Å²) in [5.74, 6) is 2.99. The number of rotatable bonds is 7. The number of hydrogen-bond donors (Lipinski definition) is 1. The molecule has 1 aliphatic rings. The maximum Gasteiger partial charge on any atom is 0.134 e. The Hall–Kier alpha value is -1.32. The first-order valence-corrected chi connectivity index (χ1v) is 7.09. The second-order valence-electron chi connectivity index (χ2n) is 5.05. The van der Waals surface area contributed by atoms with Crippen LogP contribution in [0, 0.1) is 0 Å². The molecule has 4 nitrogen and oxygen atoms in total. The van der Waals surface area contributed by atoms with Gasteiger partial charge in [0.2, 0.25) is 0 Å². The minimum Gasteiger partial charge on any atom is -0.370 e. The Morgan fingerprint density at radius 1 is 1.28 bits per heavy atom. The van der Waals surface area contributed by atoms with Gasteiger partial charge in [-0.05, 0) is 25.7 Å². The lowest BCUT2D eigenvalue weighted by Crippen LogP contribution is -2.22. The summed E-state index contributed by atoms with van der Waals surface area (Å²) in [6.45, 7) is 5.30. The second kappa shape index (κ2) is 6.03. The van der Waals surface area contributed by atoms with Crippen molar-refractivity contribution in [1.82, 2.24) is 9.97 Å². The molecule has 1 fully saturated rings. The summed E-state index contributed by atoms with van der Waals surface area (Å²) in [5, 5.41) is 3.37. The predicted octanol–water partition coefficient (Wildman–Crippen LogP) is 2.85. The van der Waals surface area contributed by atoms with E-state index in [1.807, 2.05) is 0 Å². The van der Waals surface area contributed by atoms with Crippen molar-refractivity contribution in [3.05, 3.63) is 11.9 Å². The van der Waals surface area contributed by atoms with Crippen LogP contribution < -0.4 is 10.2 Å². The maximum absolute atomic E-state index is 4.67. The summed E-state index contributed by atoms with van der Waals surface area (Å²) < 4.78 is 0. The van der Waals surface area contributed by atoms with E-state index in [4.69, 9.17) is 0 Å². The van der Waals surface area contributed by atoms with Gasteiger partial charge in [-0.1, -0.05) is 13.8 Å². The third kappa shape index (κ3) is 3.34. The van der Waals surface area contributed by atoms with Crippen molar-refractivity contribution < 1.29 is 0 Å². The fraction of sp³-hybridized carbons (Fsp3) is 0.714. The van der Waals surface area contributed by atoms with Gasteiger partial charge in [-0.2, -0.15) is 0 Å². The van der Waals surface area contributed by atoms with Crippen LogP contribution in [0.3, 0.4) is 0 Å². The minimum absolute atomic E-state index is 0.688. The molecule has 0 bridgehead atoms. The second-order valence-corrected chi connectivity index (χ2v) is 5.05. The number of hydrogen-bond acceptors (Lipinski definition) is 4. The van der Waals surface area contributed by atoms with E-state index in [9.17, 15) is 0 Å². The molecule has 0 atom stereocenters. The smallest absolute Gasteiger partial charge is 0.134 e. The first-order valence-electron chi connectivity index (χ1n) is 7.09. The van der Waals surface area contributed by atoms with Crippen LogP contribution in [0.2, 0.25) is 0 Å². The van der Waals surface area contributed by atoms with E-state index >= 15 is 0 Å². The summed E-state index contributed by atoms with van der Waals surface area (Å²) >= 11 is 0. The molecule has 100 valence electrons. The molecular formula is C14H24N4. The lowest BCUT2D eigenvalue weighted by molar-refractivity contribution is 0.809. The monoisotopic (exact) mass is 248 g/mol. The highest BCUT2D eigenvalue weighted by molar-refractivity contribution is 5.50. The number of aryl methyl sites for hydroxylation is 1. The molecule has 0 saturated heterocycles. The Labute approximate surface area is 110 Å². The Kier molecular flexibility index (Phi) is 4.39. The Bertz CT molecular complexity index is 387. The maximum atomic E-state index is 4.67. The highest BCUT2D eigenvalue weighted by atomic mass is 15.2.